The molecule has 30 heavy (non-hydrogen) atoms. The van der Waals surface area contributed by atoms with Gasteiger partial charge in [0, 0.05) is 0 Å². The molecule has 1 saturated heterocycles. The van der Waals surface area contributed by atoms with Crippen LogP contribution in [0.1, 0.15) is 110 Å². The second kappa shape index (κ2) is 12.9. The van der Waals surface area contributed by atoms with E-state index in [4.69, 9.17) is 0 Å². The predicted octanol–water partition coefficient (Wildman–Crippen LogP) is 5.31. The minimum Gasteiger partial charge on any atom is -0.393 e. The lowest BCUT2D eigenvalue weighted by molar-refractivity contribution is -0.151. The maximum Gasteiger partial charge on any atom is 0.346 e. The highest BCUT2D eigenvalue weighted by atomic mass is 16.6. The molecule has 2 aliphatic rings. The summed E-state index contributed by atoms with van der Waals surface area (Å²) in [4.78, 5) is 42.9. The van der Waals surface area contributed by atoms with Crippen molar-refractivity contribution in [3.8, 4) is 0 Å². The third kappa shape index (κ3) is 8.09. The van der Waals surface area contributed by atoms with Gasteiger partial charge in [-0.3, -0.25) is 9.59 Å². The number of ether oxygens (including phenoxy) is 2. The van der Waals surface area contributed by atoms with Crippen LogP contribution in [-0.2, 0) is 25.5 Å². The first kappa shape index (κ1) is 23.8. The Morgan fingerprint density at radius 2 is 1.20 bits per heavy atom. The zero-order chi connectivity index (χ0) is 21.8. The number of fused-ring (bicyclic) bond motifs is 1. The van der Waals surface area contributed by atoms with E-state index in [9.17, 15) is 19.2 Å². The number of rotatable bonds is 11. The molecule has 2 aliphatic heterocycles. The smallest absolute Gasteiger partial charge is 0.346 e. The summed E-state index contributed by atoms with van der Waals surface area (Å²) in [6.45, 7) is 2.25. The molecule has 0 amide bonds. The van der Waals surface area contributed by atoms with Gasteiger partial charge in [-0.2, -0.15) is 0 Å². The van der Waals surface area contributed by atoms with Gasteiger partial charge in [-0.15, -0.1) is 0 Å². The van der Waals surface area contributed by atoms with Crippen molar-refractivity contribution in [2.24, 2.45) is 0 Å². The fourth-order valence-electron chi connectivity index (χ4n) is 3.54. The van der Waals surface area contributed by atoms with E-state index in [0.717, 1.165) is 18.4 Å². The van der Waals surface area contributed by atoms with Gasteiger partial charge in [0.25, 0.3) is 0 Å². The predicted molar refractivity (Wildman–Crippen MR) is 112 cm³/mol. The van der Waals surface area contributed by atoms with Gasteiger partial charge >= 0.3 is 23.9 Å². The monoisotopic (exact) mass is 416 g/mol. The highest BCUT2D eigenvalue weighted by Crippen LogP contribution is 2.22. The van der Waals surface area contributed by atoms with Gasteiger partial charge in [-0.05, 0) is 30.5 Å². The number of cyclic esters (lactones) is 4. The molecule has 164 valence electrons. The van der Waals surface area contributed by atoms with E-state index in [1.807, 2.05) is 12.1 Å². The normalized spacial score (nSPS) is 14.8. The molecule has 6 nitrogen and oxygen atoms in total. The molecule has 0 radical (unpaired) electrons. The standard InChI is InChI=1S/C20H28O3.C4H4O3/c1-2-3-4-5-6-7-8-9-10-11-12-16-13-14-17-18(15-16)20(22)23-19(17)21;5-3-1-2-4(6)7-3/h13-15H,2-12H2,1H3;1-2H2. The summed E-state index contributed by atoms with van der Waals surface area (Å²) in [5, 5.41) is 0. The first-order valence-corrected chi connectivity index (χ1v) is 11.1. The lowest BCUT2D eigenvalue weighted by atomic mass is 10.0. The van der Waals surface area contributed by atoms with Gasteiger partial charge in [0.05, 0.1) is 24.0 Å². The van der Waals surface area contributed by atoms with Crippen molar-refractivity contribution in [2.45, 2.75) is 90.4 Å². The summed E-state index contributed by atoms with van der Waals surface area (Å²) in [6.07, 6.45) is 14.7. The summed E-state index contributed by atoms with van der Waals surface area (Å²) in [6, 6.07) is 5.47. The number of carbonyl (C=O) groups is 4. The Morgan fingerprint density at radius 3 is 1.73 bits per heavy atom. The van der Waals surface area contributed by atoms with Crippen molar-refractivity contribution in [3.63, 3.8) is 0 Å². The Bertz CT molecular complexity index is 738. The van der Waals surface area contributed by atoms with Crippen LogP contribution < -0.4 is 0 Å². The minimum absolute atomic E-state index is 0.263. The largest absolute Gasteiger partial charge is 0.393 e. The molecule has 2 heterocycles. The SMILES string of the molecule is CCCCCCCCCCCCc1ccc2c(c1)C(=O)OC2=O.O=C1CCC(=O)O1. The van der Waals surface area contributed by atoms with Crippen LogP contribution in [0.2, 0.25) is 0 Å². The minimum atomic E-state index is -0.518. The van der Waals surface area contributed by atoms with E-state index >= 15 is 0 Å². The van der Waals surface area contributed by atoms with E-state index in [-0.39, 0.29) is 12.8 Å². The van der Waals surface area contributed by atoms with E-state index in [2.05, 4.69) is 16.4 Å². The molecule has 0 aromatic heterocycles. The van der Waals surface area contributed by atoms with Crippen LogP contribution in [0.5, 0.6) is 0 Å². The van der Waals surface area contributed by atoms with E-state index in [1.54, 1.807) is 6.07 Å². The Kier molecular flexibility index (Phi) is 10.3. The average Bonchev–Trinajstić information content (AvgIpc) is 3.24. The second-order valence-corrected chi connectivity index (χ2v) is 7.83. The number of carbonyl (C=O) groups excluding carboxylic acids is 4. The number of aryl methyl sites for hydroxylation is 1. The van der Waals surface area contributed by atoms with Gasteiger partial charge in [0.1, 0.15) is 0 Å². The zero-order valence-electron chi connectivity index (χ0n) is 17.9. The molecule has 0 bridgehead atoms. The third-order valence-corrected chi connectivity index (χ3v) is 5.29. The molecule has 0 atom stereocenters. The summed E-state index contributed by atoms with van der Waals surface area (Å²) in [5.41, 5.74) is 1.95. The molecule has 0 spiro atoms. The lowest BCUT2D eigenvalue weighted by Crippen LogP contribution is -1.97. The van der Waals surface area contributed by atoms with Crippen molar-refractivity contribution in [2.75, 3.05) is 0 Å². The quantitative estimate of drug-likeness (QED) is 0.276. The number of benzene rings is 1. The lowest BCUT2D eigenvalue weighted by Gasteiger charge is -2.04. The number of hydrogen-bond donors (Lipinski definition) is 0. The molecule has 6 heteroatoms. The summed E-state index contributed by atoms with van der Waals surface area (Å²) < 4.78 is 8.70. The maximum absolute atomic E-state index is 11.5. The Hall–Kier alpha value is -2.50. The fourth-order valence-corrected chi connectivity index (χ4v) is 3.54. The van der Waals surface area contributed by atoms with E-state index < -0.39 is 23.9 Å². The highest BCUT2D eigenvalue weighted by Gasteiger charge is 2.29. The molecule has 0 saturated carbocycles. The van der Waals surface area contributed by atoms with Crippen LogP contribution in [0.3, 0.4) is 0 Å². The van der Waals surface area contributed by atoms with Crippen molar-refractivity contribution in [1.29, 1.82) is 0 Å². The van der Waals surface area contributed by atoms with Crippen LogP contribution in [0.15, 0.2) is 18.2 Å². The first-order chi connectivity index (χ1) is 14.5. The second-order valence-electron chi connectivity index (χ2n) is 7.83. The van der Waals surface area contributed by atoms with Crippen LogP contribution in [-0.4, -0.2) is 23.9 Å². The van der Waals surface area contributed by atoms with Crippen molar-refractivity contribution < 1.29 is 28.7 Å². The van der Waals surface area contributed by atoms with Gasteiger partial charge in [0.2, 0.25) is 0 Å². The van der Waals surface area contributed by atoms with Crippen molar-refractivity contribution in [3.05, 3.63) is 34.9 Å². The molecule has 1 aromatic rings. The molecular weight excluding hydrogens is 384 g/mol. The highest BCUT2D eigenvalue weighted by molar-refractivity contribution is 6.14. The third-order valence-electron chi connectivity index (χ3n) is 5.29. The van der Waals surface area contributed by atoms with Gasteiger partial charge < -0.3 is 9.47 Å². The fraction of sp³-hybridized carbons (Fsp3) is 0.583. The van der Waals surface area contributed by atoms with Gasteiger partial charge in [-0.1, -0.05) is 70.8 Å². The molecule has 0 N–H and O–H groups in total. The van der Waals surface area contributed by atoms with Crippen molar-refractivity contribution >= 4 is 23.9 Å². The van der Waals surface area contributed by atoms with Crippen molar-refractivity contribution in [1.82, 2.24) is 0 Å². The molecular formula is C24H32O6. The zero-order valence-corrected chi connectivity index (χ0v) is 17.9. The van der Waals surface area contributed by atoms with E-state index in [1.165, 1.54) is 57.8 Å². The summed E-state index contributed by atoms with van der Waals surface area (Å²) >= 11 is 0. The van der Waals surface area contributed by atoms with Crippen LogP contribution >= 0.6 is 0 Å². The Morgan fingerprint density at radius 1 is 0.667 bits per heavy atom. The molecule has 0 aliphatic carbocycles. The Balaban J connectivity index is 0.000000386. The molecule has 0 unspecified atom stereocenters. The molecule has 1 fully saturated rings. The summed E-state index contributed by atoms with van der Waals surface area (Å²) in [5.74, 6) is -1.82. The van der Waals surface area contributed by atoms with Crippen LogP contribution in [0.25, 0.3) is 0 Å². The Labute approximate surface area is 178 Å². The van der Waals surface area contributed by atoms with Gasteiger partial charge in [-0.25, -0.2) is 9.59 Å². The molecule has 1 aromatic carbocycles. The number of esters is 4. The number of hydrogen-bond acceptors (Lipinski definition) is 6. The van der Waals surface area contributed by atoms with E-state index in [0.29, 0.717) is 11.1 Å². The van der Waals surface area contributed by atoms with Crippen LogP contribution in [0, 0.1) is 0 Å². The number of unbranched alkanes of at least 4 members (excludes halogenated alkanes) is 9. The van der Waals surface area contributed by atoms with Gasteiger partial charge in [0.15, 0.2) is 0 Å². The maximum atomic E-state index is 11.5. The average molecular weight is 417 g/mol. The van der Waals surface area contributed by atoms with Crippen LogP contribution in [0.4, 0.5) is 0 Å². The summed E-state index contributed by atoms with van der Waals surface area (Å²) in [7, 11) is 0. The molecule has 3 rings (SSSR count). The first-order valence-electron chi connectivity index (χ1n) is 11.1. The topological polar surface area (TPSA) is 86.7 Å².